The van der Waals surface area contributed by atoms with Crippen molar-refractivity contribution >= 4 is 11.5 Å². The van der Waals surface area contributed by atoms with Crippen LogP contribution in [0.2, 0.25) is 0 Å². The Morgan fingerprint density at radius 3 is 2.94 bits per heavy atom. The zero-order chi connectivity index (χ0) is 12.3. The number of nitrogens with two attached hydrogens (primary N) is 1. The van der Waals surface area contributed by atoms with Crippen molar-refractivity contribution in [2.45, 2.75) is 39.5 Å². The molecule has 0 radical (unpaired) electrons. The predicted molar refractivity (Wildman–Crippen MR) is 73.2 cm³/mol. The van der Waals surface area contributed by atoms with Gasteiger partial charge in [-0.25, -0.2) is 4.98 Å². The normalized spacial score (nSPS) is 21.3. The second-order valence-corrected chi connectivity index (χ2v) is 5.09. The Morgan fingerprint density at radius 1 is 1.41 bits per heavy atom. The van der Waals surface area contributed by atoms with E-state index in [9.17, 15) is 0 Å². The van der Waals surface area contributed by atoms with E-state index < -0.39 is 0 Å². The molecule has 0 amide bonds. The molecule has 2 rings (SSSR count). The molecule has 0 aliphatic carbocycles. The Labute approximate surface area is 104 Å². The fourth-order valence-corrected chi connectivity index (χ4v) is 2.53. The molecule has 1 aromatic rings. The van der Waals surface area contributed by atoms with E-state index in [1.165, 1.54) is 25.7 Å². The third-order valence-electron chi connectivity index (χ3n) is 3.89. The van der Waals surface area contributed by atoms with Crippen molar-refractivity contribution in [3.8, 4) is 0 Å². The molecule has 0 spiro atoms. The van der Waals surface area contributed by atoms with Gasteiger partial charge in [-0.2, -0.15) is 0 Å². The summed E-state index contributed by atoms with van der Waals surface area (Å²) in [6.07, 6.45) is 7.03. The number of rotatable bonds is 2. The van der Waals surface area contributed by atoms with Gasteiger partial charge in [-0.05, 0) is 43.7 Å². The maximum Gasteiger partial charge on any atom is 0.128 e. The van der Waals surface area contributed by atoms with Crippen LogP contribution in [0.4, 0.5) is 11.5 Å². The Balaban J connectivity index is 2.08. The average molecular weight is 233 g/mol. The molecule has 2 N–H and O–H groups in total. The van der Waals surface area contributed by atoms with E-state index in [0.717, 1.165) is 36.1 Å². The molecule has 17 heavy (non-hydrogen) atoms. The number of aromatic nitrogens is 1. The van der Waals surface area contributed by atoms with Gasteiger partial charge in [0.1, 0.15) is 5.82 Å². The topological polar surface area (TPSA) is 42.1 Å². The predicted octanol–water partition coefficient (Wildman–Crippen LogP) is 2.99. The summed E-state index contributed by atoms with van der Waals surface area (Å²) in [5.41, 5.74) is 7.73. The van der Waals surface area contributed by atoms with Crippen molar-refractivity contribution in [3.05, 3.63) is 17.8 Å². The molecule has 1 unspecified atom stereocenters. The first-order valence-corrected chi connectivity index (χ1v) is 6.67. The van der Waals surface area contributed by atoms with E-state index in [4.69, 9.17) is 5.73 Å². The molecule has 0 bridgehead atoms. The van der Waals surface area contributed by atoms with Crippen LogP contribution in [0.1, 0.15) is 38.2 Å². The minimum atomic E-state index is 0.787. The summed E-state index contributed by atoms with van der Waals surface area (Å²) in [6, 6.07) is 2.11. The van der Waals surface area contributed by atoms with Crippen LogP contribution in [-0.4, -0.2) is 18.1 Å². The van der Waals surface area contributed by atoms with Crippen LogP contribution in [0, 0.1) is 12.8 Å². The van der Waals surface area contributed by atoms with E-state index in [1.54, 1.807) is 6.20 Å². The zero-order valence-corrected chi connectivity index (χ0v) is 10.9. The summed E-state index contributed by atoms with van der Waals surface area (Å²) in [6.45, 7) is 6.61. The lowest BCUT2D eigenvalue weighted by Crippen LogP contribution is -2.25. The van der Waals surface area contributed by atoms with E-state index in [2.05, 4.69) is 22.9 Å². The highest BCUT2D eigenvalue weighted by atomic mass is 15.2. The van der Waals surface area contributed by atoms with Gasteiger partial charge in [0.05, 0.1) is 11.9 Å². The summed E-state index contributed by atoms with van der Waals surface area (Å²) in [7, 11) is 0. The first-order chi connectivity index (χ1) is 8.20. The van der Waals surface area contributed by atoms with E-state index >= 15 is 0 Å². The van der Waals surface area contributed by atoms with Crippen LogP contribution in [-0.2, 0) is 0 Å². The quantitative estimate of drug-likeness (QED) is 0.854. The third kappa shape index (κ3) is 2.90. The fraction of sp³-hybridized carbons (Fsp3) is 0.643. The summed E-state index contributed by atoms with van der Waals surface area (Å²) in [5, 5.41) is 0. The summed E-state index contributed by atoms with van der Waals surface area (Å²) in [4.78, 5) is 6.86. The summed E-state index contributed by atoms with van der Waals surface area (Å²) in [5.74, 6) is 1.99. The smallest absolute Gasteiger partial charge is 0.128 e. The molecule has 2 heterocycles. The number of nitrogens with zero attached hydrogens (tertiary/aromatic N) is 2. The van der Waals surface area contributed by atoms with Gasteiger partial charge in [0.15, 0.2) is 0 Å². The second-order valence-electron chi connectivity index (χ2n) is 5.09. The molecule has 1 aliphatic heterocycles. The Bertz CT molecular complexity index is 376. The van der Waals surface area contributed by atoms with Gasteiger partial charge in [0.2, 0.25) is 0 Å². The molecule has 1 saturated heterocycles. The molecule has 0 aromatic carbocycles. The van der Waals surface area contributed by atoms with Crippen LogP contribution in [0.15, 0.2) is 12.3 Å². The largest absolute Gasteiger partial charge is 0.397 e. The first kappa shape index (κ1) is 12.2. The second kappa shape index (κ2) is 5.39. The number of hydrogen-bond donors (Lipinski definition) is 1. The van der Waals surface area contributed by atoms with Crippen molar-refractivity contribution in [1.82, 2.24) is 4.98 Å². The van der Waals surface area contributed by atoms with Gasteiger partial charge in [-0.3, -0.25) is 0 Å². The lowest BCUT2D eigenvalue weighted by Gasteiger charge is -2.22. The third-order valence-corrected chi connectivity index (χ3v) is 3.89. The summed E-state index contributed by atoms with van der Waals surface area (Å²) >= 11 is 0. The standard InChI is InChI=1S/C14H23N3/c1-3-12-5-4-7-17(8-6-12)14-9-11(2)13(15)10-16-14/h9-10,12H,3-8,15H2,1-2H3. The molecule has 3 nitrogen and oxygen atoms in total. The maximum absolute atomic E-state index is 5.81. The van der Waals surface area contributed by atoms with Crippen LogP contribution in [0.25, 0.3) is 0 Å². The number of nitrogen functional groups attached to an aromatic ring is 1. The molecule has 1 fully saturated rings. The van der Waals surface area contributed by atoms with Crippen LogP contribution < -0.4 is 10.6 Å². The first-order valence-electron chi connectivity index (χ1n) is 6.67. The summed E-state index contributed by atoms with van der Waals surface area (Å²) < 4.78 is 0. The van der Waals surface area contributed by atoms with Crippen LogP contribution >= 0.6 is 0 Å². The minimum Gasteiger partial charge on any atom is -0.397 e. The Morgan fingerprint density at radius 2 is 2.24 bits per heavy atom. The van der Waals surface area contributed by atoms with Crippen LogP contribution in [0.5, 0.6) is 0 Å². The van der Waals surface area contributed by atoms with Crippen molar-refractivity contribution < 1.29 is 0 Å². The molecule has 1 atom stereocenters. The van der Waals surface area contributed by atoms with Crippen LogP contribution in [0.3, 0.4) is 0 Å². The van der Waals surface area contributed by atoms with Crippen molar-refractivity contribution in [1.29, 1.82) is 0 Å². The minimum absolute atomic E-state index is 0.787. The van der Waals surface area contributed by atoms with Gasteiger partial charge in [-0.1, -0.05) is 13.3 Å². The highest BCUT2D eigenvalue weighted by molar-refractivity contribution is 5.52. The molecular weight excluding hydrogens is 210 g/mol. The van der Waals surface area contributed by atoms with E-state index in [0.29, 0.717) is 0 Å². The van der Waals surface area contributed by atoms with Gasteiger partial charge in [0.25, 0.3) is 0 Å². The van der Waals surface area contributed by atoms with Crippen molar-refractivity contribution in [2.75, 3.05) is 23.7 Å². The highest BCUT2D eigenvalue weighted by Gasteiger charge is 2.16. The monoisotopic (exact) mass is 233 g/mol. The van der Waals surface area contributed by atoms with Gasteiger partial charge >= 0.3 is 0 Å². The van der Waals surface area contributed by atoms with E-state index in [-0.39, 0.29) is 0 Å². The highest BCUT2D eigenvalue weighted by Crippen LogP contribution is 2.24. The lowest BCUT2D eigenvalue weighted by atomic mass is 9.98. The van der Waals surface area contributed by atoms with Gasteiger partial charge in [0, 0.05) is 13.1 Å². The van der Waals surface area contributed by atoms with E-state index in [1.807, 2.05) is 6.92 Å². The molecule has 3 heteroatoms. The maximum atomic E-state index is 5.81. The number of pyridine rings is 1. The average Bonchev–Trinajstić information content (AvgIpc) is 2.58. The number of anilines is 2. The molecule has 1 aromatic heterocycles. The van der Waals surface area contributed by atoms with Gasteiger partial charge < -0.3 is 10.6 Å². The van der Waals surface area contributed by atoms with Gasteiger partial charge in [-0.15, -0.1) is 0 Å². The number of aryl methyl sites for hydroxylation is 1. The van der Waals surface area contributed by atoms with Crippen molar-refractivity contribution in [2.24, 2.45) is 5.92 Å². The molecule has 0 saturated carbocycles. The molecular formula is C14H23N3. The SMILES string of the molecule is CCC1CCCN(c2cc(C)c(N)cn2)CC1. The Kier molecular flexibility index (Phi) is 3.87. The molecule has 1 aliphatic rings. The zero-order valence-electron chi connectivity index (χ0n) is 10.9. The lowest BCUT2D eigenvalue weighted by molar-refractivity contribution is 0.459. The molecule has 94 valence electrons. The van der Waals surface area contributed by atoms with Crippen molar-refractivity contribution in [3.63, 3.8) is 0 Å². The number of hydrogen-bond acceptors (Lipinski definition) is 3. The Hall–Kier alpha value is -1.25. The fourth-order valence-electron chi connectivity index (χ4n) is 2.53.